The second-order valence-corrected chi connectivity index (χ2v) is 10.9. The maximum Gasteiger partial charge on any atom is 0.337 e. The highest BCUT2D eigenvalue weighted by Crippen LogP contribution is 2.38. The van der Waals surface area contributed by atoms with Crippen LogP contribution in [0, 0.1) is 17.8 Å². The van der Waals surface area contributed by atoms with Gasteiger partial charge < -0.3 is 14.8 Å². The average Bonchev–Trinajstić information content (AvgIpc) is 3.58. The number of allylic oxidation sites excluding steroid dienone is 1. The van der Waals surface area contributed by atoms with E-state index in [1.165, 1.54) is 0 Å². The summed E-state index contributed by atoms with van der Waals surface area (Å²) in [5.74, 6) is 4.45. The van der Waals surface area contributed by atoms with Crippen LogP contribution in [0.2, 0.25) is 0 Å². The minimum Gasteiger partial charge on any atom is -0.463 e. The lowest BCUT2D eigenvalue weighted by molar-refractivity contribution is -0.139. The lowest BCUT2D eigenvalue weighted by Gasteiger charge is -2.31. The molecule has 0 saturated heterocycles. The summed E-state index contributed by atoms with van der Waals surface area (Å²) in [4.78, 5) is 27.3. The maximum absolute atomic E-state index is 13.6. The fourth-order valence-electron chi connectivity index (χ4n) is 5.22. The van der Waals surface area contributed by atoms with Gasteiger partial charge in [0.15, 0.2) is 6.61 Å². The van der Waals surface area contributed by atoms with Crippen LogP contribution >= 0.6 is 11.3 Å². The van der Waals surface area contributed by atoms with E-state index in [1.54, 1.807) is 18.3 Å². The van der Waals surface area contributed by atoms with Crippen LogP contribution in [0.5, 0.6) is 0 Å². The van der Waals surface area contributed by atoms with Crippen molar-refractivity contribution < 1.29 is 19.1 Å². The summed E-state index contributed by atoms with van der Waals surface area (Å²) in [5.41, 5.74) is 7.16. The number of thiophene rings is 1. The molecule has 0 aliphatic carbocycles. The van der Waals surface area contributed by atoms with Crippen LogP contribution in [-0.2, 0) is 25.5 Å². The summed E-state index contributed by atoms with van der Waals surface area (Å²) in [7, 11) is 0. The number of carbonyl (C=O) groups is 2. The lowest BCUT2D eigenvalue weighted by Crippen LogP contribution is -2.34. The predicted molar refractivity (Wildman–Crippen MR) is 172 cm³/mol. The molecule has 1 atom stereocenters. The Balaban J connectivity index is 1.49. The fourth-order valence-corrected chi connectivity index (χ4v) is 5.88. The topological polar surface area (TPSA) is 64.6 Å². The normalized spacial score (nSPS) is 14.4. The van der Waals surface area contributed by atoms with Gasteiger partial charge in [-0.1, -0.05) is 84.6 Å². The van der Waals surface area contributed by atoms with Gasteiger partial charge in [-0.15, -0.1) is 0 Å². The minimum absolute atomic E-state index is 0.0642. The zero-order chi connectivity index (χ0) is 30.0. The first-order valence-corrected chi connectivity index (χ1v) is 15.3. The Labute approximate surface area is 256 Å². The van der Waals surface area contributed by atoms with Gasteiger partial charge >= 0.3 is 11.9 Å². The van der Waals surface area contributed by atoms with Crippen LogP contribution < -0.4 is 5.32 Å². The third kappa shape index (κ3) is 7.32. The predicted octanol–water partition coefficient (Wildman–Crippen LogP) is 7.41. The summed E-state index contributed by atoms with van der Waals surface area (Å²) < 4.78 is 11.2. The number of nitrogens with one attached hydrogen (secondary N) is 1. The molecule has 6 heteroatoms. The number of dihydropyridines is 1. The Bertz CT molecular complexity index is 1680. The number of rotatable bonds is 9. The molecule has 216 valence electrons. The number of aryl methyl sites for hydroxylation is 1. The van der Waals surface area contributed by atoms with Crippen molar-refractivity contribution in [3.05, 3.63) is 135 Å². The molecule has 0 spiro atoms. The van der Waals surface area contributed by atoms with Crippen molar-refractivity contribution in [1.29, 1.82) is 0 Å². The molecule has 4 aromatic rings. The van der Waals surface area contributed by atoms with Crippen molar-refractivity contribution in [3.63, 3.8) is 0 Å². The zero-order valence-corrected chi connectivity index (χ0v) is 25.1. The molecule has 0 saturated carbocycles. The van der Waals surface area contributed by atoms with Crippen LogP contribution in [0.25, 0.3) is 16.8 Å². The highest BCUT2D eigenvalue weighted by molar-refractivity contribution is 7.08. The molecule has 1 aliphatic rings. The van der Waals surface area contributed by atoms with Gasteiger partial charge in [0.1, 0.15) is 0 Å². The standard InChI is InChI=1S/C37H33NO4S/c1-3-41-37(40)34-32(21-16-28-13-8-5-9-14-28)33(36(39)42-23-10-15-27-11-6-4-7-12-27)26(2)38-35(34)30-19-17-29(18-20-30)31-22-24-43-25-31/h4-9,11-14,17-20,22,24-25,32,38H,3,16,21,23H2,1-2H3. The molecule has 0 amide bonds. The number of benzene rings is 3. The molecular weight excluding hydrogens is 554 g/mol. The van der Waals surface area contributed by atoms with Crippen LogP contribution in [-0.4, -0.2) is 25.2 Å². The molecule has 3 aromatic carbocycles. The first kappa shape index (κ1) is 29.6. The summed E-state index contributed by atoms with van der Waals surface area (Å²) in [5, 5.41) is 7.53. The van der Waals surface area contributed by atoms with E-state index in [1.807, 2.05) is 97.2 Å². The molecule has 2 heterocycles. The lowest BCUT2D eigenvalue weighted by atomic mass is 9.80. The molecule has 0 bridgehead atoms. The van der Waals surface area contributed by atoms with E-state index in [0.717, 1.165) is 27.8 Å². The quantitative estimate of drug-likeness (QED) is 0.163. The van der Waals surface area contributed by atoms with Crippen molar-refractivity contribution in [1.82, 2.24) is 5.32 Å². The Morgan fingerprint density at radius 2 is 1.49 bits per heavy atom. The van der Waals surface area contributed by atoms with Crippen molar-refractivity contribution in [2.75, 3.05) is 13.2 Å². The Hall–Kier alpha value is -4.86. The molecule has 1 N–H and O–H groups in total. The van der Waals surface area contributed by atoms with Gasteiger partial charge in [0.05, 0.1) is 23.5 Å². The highest BCUT2D eigenvalue weighted by Gasteiger charge is 2.38. The van der Waals surface area contributed by atoms with Crippen LogP contribution in [0.4, 0.5) is 0 Å². The molecule has 43 heavy (non-hydrogen) atoms. The van der Waals surface area contributed by atoms with E-state index in [0.29, 0.717) is 35.4 Å². The van der Waals surface area contributed by atoms with Gasteiger partial charge in [0, 0.05) is 17.2 Å². The Morgan fingerprint density at radius 3 is 2.16 bits per heavy atom. The fraction of sp³-hybridized carbons (Fsp3) is 0.189. The zero-order valence-electron chi connectivity index (χ0n) is 24.3. The van der Waals surface area contributed by atoms with E-state index in [2.05, 4.69) is 28.6 Å². The summed E-state index contributed by atoms with van der Waals surface area (Å²) in [6.07, 6.45) is 1.18. The van der Waals surface area contributed by atoms with Gasteiger partial charge in [-0.2, -0.15) is 11.3 Å². The van der Waals surface area contributed by atoms with Crippen LogP contribution in [0.1, 0.15) is 37.0 Å². The van der Waals surface area contributed by atoms with Gasteiger partial charge in [-0.3, -0.25) is 0 Å². The van der Waals surface area contributed by atoms with Crippen molar-refractivity contribution in [3.8, 4) is 23.0 Å². The van der Waals surface area contributed by atoms with Gasteiger partial charge in [-0.05, 0) is 77.9 Å². The van der Waals surface area contributed by atoms with Gasteiger partial charge in [0.2, 0.25) is 0 Å². The molecule has 1 aromatic heterocycles. The van der Waals surface area contributed by atoms with E-state index < -0.39 is 17.9 Å². The molecule has 1 aliphatic heterocycles. The van der Waals surface area contributed by atoms with Gasteiger partial charge in [0.25, 0.3) is 0 Å². The number of hydrogen-bond donors (Lipinski definition) is 1. The molecule has 0 radical (unpaired) electrons. The third-order valence-corrected chi connectivity index (χ3v) is 7.96. The summed E-state index contributed by atoms with van der Waals surface area (Å²) in [6, 6.07) is 29.7. The third-order valence-electron chi connectivity index (χ3n) is 7.27. The molecule has 5 nitrogen and oxygen atoms in total. The maximum atomic E-state index is 13.6. The Kier molecular flexibility index (Phi) is 9.89. The SMILES string of the molecule is CCOC(=O)C1=C(c2ccc(-c3ccsc3)cc2)NC(C)=C(C(=O)OCC#Cc2ccccc2)C1CCc1ccccc1. The van der Waals surface area contributed by atoms with E-state index in [-0.39, 0.29) is 13.2 Å². The monoisotopic (exact) mass is 587 g/mol. The average molecular weight is 588 g/mol. The van der Waals surface area contributed by atoms with Crippen molar-refractivity contribution in [2.45, 2.75) is 26.7 Å². The molecule has 1 unspecified atom stereocenters. The van der Waals surface area contributed by atoms with E-state index >= 15 is 0 Å². The first-order chi connectivity index (χ1) is 21.0. The first-order valence-electron chi connectivity index (χ1n) is 14.3. The van der Waals surface area contributed by atoms with E-state index in [9.17, 15) is 9.59 Å². The van der Waals surface area contributed by atoms with Crippen molar-refractivity contribution in [2.24, 2.45) is 5.92 Å². The van der Waals surface area contributed by atoms with E-state index in [4.69, 9.17) is 9.47 Å². The van der Waals surface area contributed by atoms with Crippen LogP contribution in [0.3, 0.4) is 0 Å². The smallest absolute Gasteiger partial charge is 0.337 e. The second kappa shape index (κ2) is 14.4. The van der Waals surface area contributed by atoms with Gasteiger partial charge in [-0.25, -0.2) is 9.59 Å². The number of ether oxygens (including phenoxy) is 2. The number of esters is 2. The Morgan fingerprint density at radius 1 is 0.814 bits per heavy atom. The highest BCUT2D eigenvalue weighted by atomic mass is 32.1. The second-order valence-electron chi connectivity index (χ2n) is 10.1. The molecule has 0 fully saturated rings. The van der Waals surface area contributed by atoms with Crippen LogP contribution in [0.15, 0.2) is 119 Å². The summed E-state index contributed by atoms with van der Waals surface area (Å²) >= 11 is 1.65. The van der Waals surface area contributed by atoms with Crippen molar-refractivity contribution >= 4 is 29.0 Å². The minimum atomic E-state index is -0.540. The number of carbonyl (C=O) groups excluding carboxylic acids is 2. The largest absolute Gasteiger partial charge is 0.463 e. The molecular formula is C37H33NO4S. The number of hydrogen-bond acceptors (Lipinski definition) is 6. The summed E-state index contributed by atoms with van der Waals surface area (Å²) in [6.45, 7) is 3.79. The molecule has 5 rings (SSSR count).